The highest BCUT2D eigenvalue weighted by atomic mass is 19.4. The van der Waals surface area contributed by atoms with Crippen LogP contribution >= 0.6 is 0 Å². The van der Waals surface area contributed by atoms with Crippen LogP contribution in [0.15, 0.2) is 24.3 Å². The first-order chi connectivity index (χ1) is 10.7. The minimum absolute atomic E-state index is 0.0876. The number of hydrogen-bond acceptors (Lipinski definition) is 2. The van der Waals surface area contributed by atoms with Gasteiger partial charge in [0.2, 0.25) is 5.91 Å². The molecule has 0 spiro atoms. The maximum atomic E-state index is 13.0. The Labute approximate surface area is 133 Å². The Morgan fingerprint density at radius 3 is 2.70 bits per heavy atom. The van der Waals surface area contributed by atoms with E-state index in [0.29, 0.717) is 6.42 Å². The number of aliphatic hydroxyl groups is 1. The lowest BCUT2D eigenvalue weighted by Gasteiger charge is -2.40. The number of amides is 1. The second-order valence-corrected chi connectivity index (χ2v) is 6.70. The molecule has 2 fully saturated rings. The lowest BCUT2D eigenvalue weighted by molar-refractivity contribution is -0.272. The van der Waals surface area contributed by atoms with Crippen LogP contribution in [-0.4, -0.2) is 40.8 Å². The summed E-state index contributed by atoms with van der Waals surface area (Å²) in [7, 11) is 0. The van der Waals surface area contributed by atoms with E-state index in [4.69, 9.17) is 0 Å². The number of β-amino-alcohol motifs (C(OH)–C–C–N with tert-alkyl or cyclic N) is 1. The monoisotopic (exact) mass is 327 g/mol. The van der Waals surface area contributed by atoms with Gasteiger partial charge in [0.1, 0.15) is 0 Å². The summed E-state index contributed by atoms with van der Waals surface area (Å²) >= 11 is 0. The number of carbonyl (C=O) groups is 1. The van der Waals surface area contributed by atoms with Gasteiger partial charge in [0.15, 0.2) is 5.60 Å². The first kappa shape index (κ1) is 16.3. The molecule has 3 rings (SSSR count). The van der Waals surface area contributed by atoms with Crippen molar-refractivity contribution in [1.29, 1.82) is 0 Å². The van der Waals surface area contributed by atoms with Crippen molar-refractivity contribution in [2.75, 3.05) is 13.1 Å². The molecule has 3 nitrogen and oxygen atoms in total. The Morgan fingerprint density at radius 1 is 1.35 bits per heavy atom. The molecule has 2 aliphatic rings. The summed E-state index contributed by atoms with van der Waals surface area (Å²) < 4.78 is 39.0. The van der Waals surface area contributed by atoms with Gasteiger partial charge in [-0.05, 0) is 43.2 Å². The summed E-state index contributed by atoms with van der Waals surface area (Å²) in [5, 5.41) is 9.84. The largest absolute Gasteiger partial charge is 0.418 e. The second kappa shape index (κ2) is 5.51. The van der Waals surface area contributed by atoms with Crippen molar-refractivity contribution in [2.24, 2.45) is 5.92 Å². The van der Waals surface area contributed by atoms with Gasteiger partial charge in [-0.1, -0.05) is 24.3 Å². The van der Waals surface area contributed by atoms with Crippen molar-refractivity contribution < 1.29 is 23.1 Å². The summed E-state index contributed by atoms with van der Waals surface area (Å²) in [5.41, 5.74) is -0.583. The van der Waals surface area contributed by atoms with Crippen molar-refractivity contribution in [3.8, 4) is 0 Å². The lowest BCUT2D eigenvalue weighted by Crippen LogP contribution is -2.58. The zero-order valence-electron chi connectivity index (χ0n) is 12.9. The molecule has 23 heavy (non-hydrogen) atoms. The number of likely N-dealkylation sites (tertiary alicyclic amines) is 1. The number of halogens is 3. The number of piperidine rings is 1. The quantitative estimate of drug-likeness (QED) is 0.907. The summed E-state index contributed by atoms with van der Waals surface area (Å²) in [6.07, 6.45) is -4.20. The molecule has 0 aromatic heterocycles. The minimum Gasteiger partial charge on any atom is -0.379 e. The molecule has 3 unspecified atom stereocenters. The molecule has 126 valence electrons. The number of hydrogen-bond donors (Lipinski definition) is 1. The van der Waals surface area contributed by atoms with Crippen molar-refractivity contribution >= 4 is 5.91 Å². The number of benzene rings is 1. The highest BCUT2D eigenvalue weighted by Crippen LogP contribution is 2.50. The summed E-state index contributed by atoms with van der Waals surface area (Å²) in [6.45, 7) is 1.61. The first-order valence-corrected chi connectivity index (χ1v) is 7.86. The molecule has 6 heteroatoms. The van der Waals surface area contributed by atoms with Crippen LogP contribution in [0.2, 0.25) is 0 Å². The van der Waals surface area contributed by atoms with Gasteiger partial charge in [-0.25, -0.2) is 0 Å². The van der Waals surface area contributed by atoms with E-state index in [0.717, 1.165) is 11.1 Å². The molecule has 0 bridgehead atoms. The molecule has 1 amide bonds. The van der Waals surface area contributed by atoms with Crippen molar-refractivity contribution in [3.05, 3.63) is 35.4 Å². The van der Waals surface area contributed by atoms with Crippen LogP contribution in [0.5, 0.6) is 0 Å². The SMILES string of the molecule is Cc1ccccc1C1CC1C(=O)N1CCCC(O)(C(F)(F)F)C1. The Hall–Kier alpha value is -1.56. The van der Waals surface area contributed by atoms with Crippen LogP contribution in [0.3, 0.4) is 0 Å². The van der Waals surface area contributed by atoms with Crippen LogP contribution < -0.4 is 0 Å². The molecule has 0 radical (unpaired) electrons. The van der Waals surface area contributed by atoms with Crippen molar-refractivity contribution in [1.82, 2.24) is 4.90 Å². The summed E-state index contributed by atoms with van der Waals surface area (Å²) in [4.78, 5) is 13.7. The Morgan fingerprint density at radius 2 is 2.04 bits per heavy atom. The van der Waals surface area contributed by atoms with Crippen molar-refractivity contribution in [2.45, 2.75) is 43.9 Å². The van der Waals surface area contributed by atoms with Gasteiger partial charge in [0, 0.05) is 12.5 Å². The average molecular weight is 327 g/mol. The molecule has 1 aliphatic heterocycles. The molecule has 1 aromatic carbocycles. The first-order valence-electron chi connectivity index (χ1n) is 7.86. The zero-order chi connectivity index (χ0) is 16.8. The molecule has 1 aromatic rings. The van der Waals surface area contributed by atoms with E-state index < -0.39 is 18.3 Å². The Balaban J connectivity index is 1.69. The number of alkyl halides is 3. The van der Waals surface area contributed by atoms with E-state index in [9.17, 15) is 23.1 Å². The summed E-state index contributed by atoms with van der Waals surface area (Å²) in [6, 6.07) is 7.77. The third-order valence-corrected chi connectivity index (χ3v) is 5.01. The maximum absolute atomic E-state index is 13.0. The van der Waals surface area contributed by atoms with Gasteiger partial charge in [0.05, 0.1) is 6.54 Å². The lowest BCUT2D eigenvalue weighted by atomic mass is 9.91. The van der Waals surface area contributed by atoms with Gasteiger partial charge in [-0.2, -0.15) is 13.2 Å². The fourth-order valence-electron chi connectivity index (χ4n) is 3.50. The molecule has 1 saturated carbocycles. The predicted molar refractivity (Wildman–Crippen MR) is 78.8 cm³/mol. The van der Waals surface area contributed by atoms with E-state index in [2.05, 4.69) is 0 Å². The molecular formula is C17H20F3NO2. The molecule has 1 N–H and O–H groups in total. The number of rotatable bonds is 2. The Kier molecular flexibility index (Phi) is 3.91. The van der Waals surface area contributed by atoms with E-state index in [1.807, 2.05) is 31.2 Å². The Bertz CT molecular complexity index is 616. The summed E-state index contributed by atoms with van der Waals surface area (Å²) in [5.74, 6) is -0.433. The molecule has 3 atom stereocenters. The normalized spacial score (nSPS) is 31.1. The smallest absolute Gasteiger partial charge is 0.379 e. The van der Waals surface area contributed by atoms with Gasteiger partial charge in [0.25, 0.3) is 0 Å². The van der Waals surface area contributed by atoms with E-state index in [1.54, 1.807) is 0 Å². The fourth-order valence-corrected chi connectivity index (χ4v) is 3.50. The van der Waals surface area contributed by atoms with E-state index in [-0.39, 0.29) is 37.1 Å². The number of nitrogens with zero attached hydrogens (tertiary/aromatic N) is 1. The van der Waals surface area contributed by atoms with Crippen LogP contribution in [0, 0.1) is 12.8 Å². The third kappa shape index (κ3) is 2.96. The van der Waals surface area contributed by atoms with Crippen LogP contribution in [-0.2, 0) is 4.79 Å². The van der Waals surface area contributed by atoms with Gasteiger partial charge in [-0.3, -0.25) is 4.79 Å². The third-order valence-electron chi connectivity index (χ3n) is 5.01. The van der Waals surface area contributed by atoms with Gasteiger partial charge in [-0.15, -0.1) is 0 Å². The molecular weight excluding hydrogens is 307 g/mol. The number of aryl methyl sites for hydroxylation is 1. The fraction of sp³-hybridized carbons (Fsp3) is 0.588. The highest BCUT2D eigenvalue weighted by molar-refractivity contribution is 5.83. The van der Waals surface area contributed by atoms with Gasteiger partial charge >= 0.3 is 6.18 Å². The van der Waals surface area contributed by atoms with E-state index in [1.165, 1.54) is 4.90 Å². The second-order valence-electron chi connectivity index (χ2n) is 6.70. The molecule has 1 heterocycles. The maximum Gasteiger partial charge on any atom is 0.418 e. The minimum atomic E-state index is -4.70. The van der Waals surface area contributed by atoms with Crippen LogP contribution in [0.4, 0.5) is 13.2 Å². The standard InChI is InChI=1S/C17H20F3NO2/c1-11-5-2-3-6-12(11)13-9-14(13)15(22)21-8-4-7-16(23,10-21)17(18,19)20/h2-3,5-6,13-14,23H,4,7-10H2,1H3. The highest BCUT2D eigenvalue weighted by Gasteiger charge is 2.57. The zero-order valence-corrected chi connectivity index (χ0v) is 12.9. The van der Waals surface area contributed by atoms with Crippen molar-refractivity contribution in [3.63, 3.8) is 0 Å². The molecule has 1 aliphatic carbocycles. The van der Waals surface area contributed by atoms with Crippen LogP contribution in [0.25, 0.3) is 0 Å². The number of carbonyl (C=O) groups excluding carboxylic acids is 1. The predicted octanol–water partition coefficient (Wildman–Crippen LogP) is 3.01. The van der Waals surface area contributed by atoms with Crippen LogP contribution in [0.1, 0.15) is 36.3 Å². The average Bonchev–Trinajstić information content (AvgIpc) is 3.26. The molecule has 1 saturated heterocycles. The van der Waals surface area contributed by atoms with E-state index >= 15 is 0 Å². The van der Waals surface area contributed by atoms with Gasteiger partial charge < -0.3 is 10.0 Å². The topological polar surface area (TPSA) is 40.5 Å².